The Balaban J connectivity index is 1.90. The standard InChI is InChI=1S/C24H17F2N5O4/c25-14-7-13(22(28)29)16(27)6-10(14)9-31-17-8-15(26)11-3-5-35-21(11)19(17)18(20(31)24(33)34)12-2-1-4-30-23(12)32/h1-8H,9,27H2,(H3,28,29)(H,30,32)(H,33,34). The average Bonchev–Trinajstić information content (AvgIpc) is 3.40. The van der Waals surface area contributed by atoms with E-state index in [1.54, 1.807) is 0 Å². The fourth-order valence-corrected chi connectivity index (χ4v) is 4.33. The molecule has 0 atom stereocenters. The van der Waals surface area contributed by atoms with Crippen LogP contribution in [0.5, 0.6) is 0 Å². The lowest BCUT2D eigenvalue weighted by Gasteiger charge is -2.13. The molecule has 9 nitrogen and oxygen atoms in total. The zero-order valence-corrected chi connectivity index (χ0v) is 17.9. The number of pyridine rings is 1. The van der Waals surface area contributed by atoms with Crippen LogP contribution in [0.4, 0.5) is 14.5 Å². The number of carboxylic acid groups (broad SMARTS) is 1. The van der Waals surface area contributed by atoms with E-state index in [1.807, 2.05) is 0 Å². The van der Waals surface area contributed by atoms with Gasteiger partial charge in [-0.25, -0.2) is 13.6 Å². The van der Waals surface area contributed by atoms with Gasteiger partial charge in [-0.15, -0.1) is 0 Å². The second-order valence-corrected chi connectivity index (χ2v) is 7.89. The number of nitrogens with two attached hydrogens (primary N) is 2. The van der Waals surface area contributed by atoms with E-state index in [-0.39, 0.29) is 62.1 Å². The van der Waals surface area contributed by atoms with Crippen LogP contribution in [0.1, 0.15) is 21.6 Å². The first-order valence-electron chi connectivity index (χ1n) is 10.2. The molecular formula is C24H17F2N5O4. The van der Waals surface area contributed by atoms with Crippen LogP contribution in [0, 0.1) is 17.0 Å². The molecule has 0 saturated carbocycles. The van der Waals surface area contributed by atoms with Gasteiger partial charge in [0.25, 0.3) is 5.56 Å². The number of anilines is 1. The van der Waals surface area contributed by atoms with Crippen molar-refractivity contribution in [2.45, 2.75) is 6.54 Å². The predicted molar refractivity (Wildman–Crippen MR) is 126 cm³/mol. The monoisotopic (exact) mass is 477 g/mol. The van der Waals surface area contributed by atoms with Crippen molar-refractivity contribution in [3.8, 4) is 11.1 Å². The number of nitrogens with zero attached hydrogens (tertiary/aromatic N) is 1. The number of rotatable bonds is 5. The molecule has 0 radical (unpaired) electrons. The molecule has 3 aromatic heterocycles. The van der Waals surface area contributed by atoms with Gasteiger partial charge in [-0.1, -0.05) is 0 Å². The van der Waals surface area contributed by atoms with Crippen LogP contribution in [0.2, 0.25) is 0 Å². The number of carbonyl (C=O) groups is 1. The number of aromatic carboxylic acids is 1. The van der Waals surface area contributed by atoms with Gasteiger partial charge in [-0.05, 0) is 36.4 Å². The second kappa shape index (κ2) is 7.83. The van der Waals surface area contributed by atoms with Crippen molar-refractivity contribution >= 4 is 39.4 Å². The number of H-pyrrole nitrogens is 1. The van der Waals surface area contributed by atoms with Gasteiger partial charge in [-0.2, -0.15) is 0 Å². The molecule has 0 unspecified atom stereocenters. The fraction of sp³-hybridized carbons (Fsp3) is 0.0417. The van der Waals surface area contributed by atoms with Crippen molar-refractivity contribution in [3.63, 3.8) is 0 Å². The number of aromatic amines is 1. The number of nitrogens with one attached hydrogen (secondary N) is 2. The van der Waals surface area contributed by atoms with Gasteiger partial charge in [0, 0.05) is 28.6 Å². The maximum atomic E-state index is 15.0. The summed E-state index contributed by atoms with van der Waals surface area (Å²) in [5.74, 6) is -3.33. The van der Waals surface area contributed by atoms with Crippen LogP contribution in [-0.4, -0.2) is 26.5 Å². The van der Waals surface area contributed by atoms with E-state index in [9.17, 15) is 23.5 Å². The summed E-state index contributed by atoms with van der Waals surface area (Å²) in [5, 5.41) is 18.0. The summed E-state index contributed by atoms with van der Waals surface area (Å²) in [5.41, 5.74) is 10.5. The van der Waals surface area contributed by atoms with Gasteiger partial charge < -0.3 is 30.5 Å². The topological polar surface area (TPSA) is 164 Å². The highest BCUT2D eigenvalue weighted by Gasteiger charge is 2.29. The third-order valence-corrected chi connectivity index (χ3v) is 5.84. The smallest absolute Gasteiger partial charge is 0.353 e. The van der Waals surface area contributed by atoms with E-state index in [1.165, 1.54) is 41.3 Å². The van der Waals surface area contributed by atoms with Crippen LogP contribution >= 0.6 is 0 Å². The van der Waals surface area contributed by atoms with Crippen molar-refractivity contribution in [2.24, 2.45) is 5.73 Å². The zero-order chi connectivity index (χ0) is 25.0. The highest BCUT2D eigenvalue weighted by molar-refractivity contribution is 6.17. The number of hydrogen-bond acceptors (Lipinski definition) is 5. The number of fused-ring (bicyclic) bond motifs is 3. The number of halogens is 2. The molecule has 0 fully saturated rings. The number of nitrogen functional groups attached to an aromatic ring is 2. The first kappa shape index (κ1) is 21.9. The normalized spacial score (nSPS) is 11.4. The third kappa shape index (κ3) is 3.32. The summed E-state index contributed by atoms with van der Waals surface area (Å²) in [7, 11) is 0. The van der Waals surface area contributed by atoms with Crippen molar-refractivity contribution in [3.05, 3.63) is 87.7 Å². The van der Waals surface area contributed by atoms with E-state index >= 15 is 0 Å². The van der Waals surface area contributed by atoms with Crippen molar-refractivity contribution in [2.75, 3.05) is 5.73 Å². The molecule has 35 heavy (non-hydrogen) atoms. The first-order valence-corrected chi connectivity index (χ1v) is 10.2. The highest BCUT2D eigenvalue weighted by atomic mass is 19.1. The van der Waals surface area contributed by atoms with E-state index in [0.29, 0.717) is 0 Å². The average molecular weight is 477 g/mol. The Hall–Kier alpha value is -4.93. The molecule has 0 aliphatic carbocycles. The van der Waals surface area contributed by atoms with Crippen molar-refractivity contribution in [1.82, 2.24) is 9.55 Å². The molecule has 0 aliphatic heterocycles. The molecule has 11 heteroatoms. The van der Waals surface area contributed by atoms with Crippen molar-refractivity contribution in [1.29, 1.82) is 5.41 Å². The van der Waals surface area contributed by atoms with E-state index in [0.717, 1.165) is 12.1 Å². The van der Waals surface area contributed by atoms with Gasteiger partial charge in [0.1, 0.15) is 28.7 Å². The lowest BCUT2D eigenvalue weighted by molar-refractivity contribution is 0.0687. The van der Waals surface area contributed by atoms with Crippen LogP contribution in [0.15, 0.2) is 58.1 Å². The Morgan fingerprint density at radius 2 is 1.97 bits per heavy atom. The third-order valence-electron chi connectivity index (χ3n) is 5.84. The predicted octanol–water partition coefficient (Wildman–Crippen LogP) is 3.63. The number of hydrogen-bond donors (Lipinski definition) is 5. The number of furan rings is 1. The van der Waals surface area contributed by atoms with Gasteiger partial charge >= 0.3 is 5.97 Å². The van der Waals surface area contributed by atoms with Gasteiger partial charge in [0.05, 0.1) is 34.7 Å². The molecule has 0 spiro atoms. The molecule has 5 aromatic rings. The molecule has 5 rings (SSSR count). The Morgan fingerprint density at radius 3 is 2.66 bits per heavy atom. The molecule has 0 saturated heterocycles. The quantitative estimate of drug-likeness (QED) is 0.147. The molecule has 0 bridgehead atoms. The Kier molecular flexibility index (Phi) is 4.90. The first-order chi connectivity index (χ1) is 16.7. The van der Waals surface area contributed by atoms with E-state index < -0.39 is 29.0 Å². The summed E-state index contributed by atoms with van der Waals surface area (Å²) < 4.78 is 36.6. The largest absolute Gasteiger partial charge is 0.477 e. The van der Waals surface area contributed by atoms with Gasteiger partial charge in [0.15, 0.2) is 0 Å². The highest BCUT2D eigenvalue weighted by Crippen LogP contribution is 2.40. The number of amidine groups is 1. The molecule has 3 heterocycles. The van der Waals surface area contributed by atoms with E-state index in [2.05, 4.69) is 4.98 Å². The van der Waals surface area contributed by atoms with Gasteiger partial charge in [-0.3, -0.25) is 10.2 Å². The van der Waals surface area contributed by atoms with Crippen LogP contribution in [0.3, 0.4) is 0 Å². The van der Waals surface area contributed by atoms with Crippen LogP contribution in [0.25, 0.3) is 33.0 Å². The van der Waals surface area contributed by atoms with Gasteiger partial charge in [0.2, 0.25) is 0 Å². The zero-order valence-electron chi connectivity index (χ0n) is 17.9. The Bertz CT molecular complexity index is 1750. The summed E-state index contributed by atoms with van der Waals surface area (Å²) in [6.07, 6.45) is 2.65. The second-order valence-electron chi connectivity index (χ2n) is 7.89. The molecular weight excluding hydrogens is 460 g/mol. The SMILES string of the molecule is N=C(N)c1cc(F)c(Cn2c(C(=O)O)c(-c3ccc[nH]c3=O)c3c4occc4c(F)cc32)cc1N. The molecule has 0 aliphatic rings. The molecule has 176 valence electrons. The lowest BCUT2D eigenvalue weighted by atomic mass is 10.0. The minimum absolute atomic E-state index is 0.00281. The molecule has 2 aromatic carbocycles. The Labute approximate surface area is 194 Å². The number of benzene rings is 2. The van der Waals surface area contributed by atoms with Crippen molar-refractivity contribution < 1.29 is 23.1 Å². The molecule has 0 amide bonds. The fourth-order valence-electron chi connectivity index (χ4n) is 4.33. The maximum Gasteiger partial charge on any atom is 0.353 e. The minimum atomic E-state index is -1.42. The van der Waals surface area contributed by atoms with Crippen LogP contribution in [-0.2, 0) is 6.54 Å². The van der Waals surface area contributed by atoms with E-state index in [4.69, 9.17) is 21.3 Å². The minimum Gasteiger partial charge on any atom is -0.477 e. The van der Waals surface area contributed by atoms with Crippen LogP contribution < -0.4 is 17.0 Å². The summed E-state index contributed by atoms with van der Waals surface area (Å²) >= 11 is 0. The Morgan fingerprint density at radius 1 is 1.20 bits per heavy atom. The molecule has 7 N–H and O–H groups in total. The number of aromatic nitrogens is 2. The summed E-state index contributed by atoms with van der Waals surface area (Å²) in [6.45, 7) is -0.372. The summed E-state index contributed by atoms with van der Waals surface area (Å²) in [4.78, 5) is 27.7. The lowest BCUT2D eigenvalue weighted by Crippen LogP contribution is -2.16. The summed E-state index contributed by atoms with van der Waals surface area (Å²) in [6, 6.07) is 7.68. The number of carboxylic acids is 1. The maximum absolute atomic E-state index is 15.0.